The zero-order valence-corrected chi connectivity index (χ0v) is 13.9. The molecule has 0 spiro atoms. The van der Waals surface area contributed by atoms with Crippen molar-refractivity contribution in [1.82, 2.24) is 5.32 Å². The summed E-state index contributed by atoms with van der Waals surface area (Å²) in [6, 6.07) is 17.4. The summed E-state index contributed by atoms with van der Waals surface area (Å²) in [6.07, 6.45) is 0.304. The Labute approximate surface area is 141 Å². The number of nitrogens with one attached hydrogen (secondary N) is 1. The molecular weight excluding hydrogens is 302 g/mol. The number of hydrogen-bond acceptors (Lipinski definition) is 3. The molecule has 4 nitrogen and oxygen atoms in total. The highest BCUT2D eigenvalue weighted by Gasteiger charge is 2.14. The number of hydrogen-bond donors (Lipinski definition) is 1. The summed E-state index contributed by atoms with van der Waals surface area (Å²) in [5.74, 6) is 1.51. The van der Waals surface area contributed by atoms with Gasteiger partial charge in [-0.1, -0.05) is 36.4 Å². The van der Waals surface area contributed by atoms with E-state index in [4.69, 9.17) is 9.15 Å². The molecule has 0 radical (unpaired) electrons. The molecule has 2 aromatic carbocycles. The van der Waals surface area contributed by atoms with Crippen molar-refractivity contribution >= 4 is 16.9 Å². The van der Waals surface area contributed by atoms with Gasteiger partial charge in [0.1, 0.15) is 17.1 Å². The zero-order valence-electron chi connectivity index (χ0n) is 13.9. The molecule has 24 heavy (non-hydrogen) atoms. The highest BCUT2D eigenvalue weighted by Crippen LogP contribution is 2.23. The Balaban J connectivity index is 1.51. The first kappa shape index (κ1) is 16.1. The summed E-state index contributed by atoms with van der Waals surface area (Å²) < 4.78 is 11.4. The van der Waals surface area contributed by atoms with E-state index < -0.39 is 0 Å². The molecule has 1 N–H and O–H groups in total. The summed E-state index contributed by atoms with van der Waals surface area (Å²) in [5, 5.41) is 3.98. The molecule has 124 valence electrons. The van der Waals surface area contributed by atoms with E-state index in [2.05, 4.69) is 5.32 Å². The number of aryl methyl sites for hydroxylation is 1. The third-order valence-corrected chi connectivity index (χ3v) is 3.93. The smallest absolute Gasteiger partial charge is 0.224 e. The molecule has 0 fully saturated rings. The van der Waals surface area contributed by atoms with E-state index in [9.17, 15) is 4.79 Å². The van der Waals surface area contributed by atoms with E-state index in [0.29, 0.717) is 13.0 Å². The second-order valence-electron chi connectivity index (χ2n) is 5.84. The number of carbonyl (C=O) groups is 1. The molecule has 3 rings (SSSR count). The van der Waals surface area contributed by atoms with Gasteiger partial charge in [-0.15, -0.1) is 0 Å². The molecule has 0 unspecified atom stereocenters. The molecule has 0 aliphatic heterocycles. The summed E-state index contributed by atoms with van der Waals surface area (Å²) in [5.41, 5.74) is 1.89. The number of carbonyl (C=O) groups excluding carboxylic acids is 1. The number of para-hydroxylation sites is 2. The normalized spacial score (nSPS) is 12.1. The summed E-state index contributed by atoms with van der Waals surface area (Å²) in [7, 11) is 0. The van der Waals surface area contributed by atoms with Crippen LogP contribution >= 0.6 is 0 Å². The topological polar surface area (TPSA) is 51.5 Å². The minimum atomic E-state index is -0.177. The third-order valence-electron chi connectivity index (χ3n) is 3.93. The second kappa shape index (κ2) is 7.21. The quantitative estimate of drug-likeness (QED) is 0.732. The fourth-order valence-electron chi connectivity index (χ4n) is 2.57. The highest BCUT2D eigenvalue weighted by molar-refractivity contribution is 5.79. The van der Waals surface area contributed by atoms with E-state index in [1.54, 1.807) is 0 Å². The monoisotopic (exact) mass is 323 g/mol. The lowest BCUT2D eigenvalue weighted by molar-refractivity contribution is -0.122. The maximum atomic E-state index is 12.1. The first-order chi connectivity index (χ1) is 11.6. The summed E-state index contributed by atoms with van der Waals surface area (Å²) in [6.45, 7) is 4.25. The van der Waals surface area contributed by atoms with E-state index in [-0.39, 0.29) is 11.9 Å². The Morgan fingerprint density at radius 3 is 2.71 bits per heavy atom. The molecule has 3 aromatic rings. The molecule has 1 atom stereocenters. The van der Waals surface area contributed by atoms with Crippen LogP contribution in [0.2, 0.25) is 0 Å². The minimum Gasteiger partial charge on any atom is -0.493 e. The maximum absolute atomic E-state index is 12.1. The van der Waals surface area contributed by atoms with Gasteiger partial charge in [0.05, 0.1) is 19.1 Å². The first-order valence-corrected chi connectivity index (χ1v) is 8.10. The van der Waals surface area contributed by atoms with E-state index in [1.165, 1.54) is 0 Å². The fourth-order valence-corrected chi connectivity index (χ4v) is 2.57. The van der Waals surface area contributed by atoms with Crippen LogP contribution in [0.25, 0.3) is 11.0 Å². The number of ether oxygens (including phenoxy) is 1. The van der Waals surface area contributed by atoms with Gasteiger partial charge in [-0.3, -0.25) is 4.79 Å². The lowest BCUT2D eigenvalue weighted by atomic mass is 10.2. The molecule has 0 saturated carbocycles. The van der Waals surface area contributed by atoms with Crippen molar-refractivity contribution in [2.45, 2.75) is 26.3 Å². The zero-order chi connectivity index (χ0) is 16.9. The Kier molecular flexibility index (Phi) is 4.85. The van der Waals surface area contributed by atoms with Crippen LogP contribution in [-0.2, 0) is 4.79 Å². The van der Waals surface area contributed by atoms with Crippen LogP contribution in [-0.4, -0.2) is 12.5 Å². The van der Waals surface area contributed by atoms with Crippen molar-refractivity contribution in [2.75, 3.05) is 6.61 Å². The van der Waals surface area contributed by atoms with Gasteiger partial charge >= 0.3 is 0 Å². The predicted octanol–water partition coefficient (Wildman–Crippen LogP) is 4.39. The SMILES string of the molecule is Cc1ccccc1OCCC(=O)N[C@H](C)c1cc2ccccc2o1. The van der Waals surface area contributed by atoms with Crippen LogP contribution < -0.4 is 10.1 Å². The number of benzene rings is 2. The highest BCUT2D eigenvalue weighted by atomic mass is 16.5. The van der Waals surface area contributed by atoms with E-state index in [0.717, 1.165) is 28.0 Å². The Morgan fingerprint density at radius 1 is 1.17 bits per heavy atom. The molecular formula is C20H21NO3. The number of amides is 1. The van der Waals surface area contributed by atoms with Crippen LogP contribution in [0, 0.1) is 6.92 Å². The van der Waals surface area contributed by atoms with Crippen LogP contribution in [0.3, 0.4) is 0 Å². The van der Waals surface area contributed by atoms with Gasteiger partial charge in [0.15, 0.2) is 0 Å². The molecule has 0 saturated heterocycles. The van der Waals surface area contributed by atoms with Gasteiger partial charge in [-0.25, -0.2) is 0 Å². The van der Waals surface area contributed by atoms with Crippen molar-refractivity contribution in [2.24, 2.45) is 0 Å². The Hall–Kier alpha value is -2.75. The molecule has 1 heterocycles. The molecule has 0 aliphatic carbocycles. The number of fused-ring (bicyclic) bond motifs is 1. The van der Waals surface area contributed by atoms with Gasteiger partial charge in [-0.2, -0.15) is 0 Å². The molecule has 0 bridgehead atoms. The maximum Gasteiger partial charge on any atom is 0.224 e. The van der Waals surface area contributed by atoms with Crippen molar-refractivity contribution in [3.05, 3.63) is 65.9 Å². The predicted molar refractivity (Wildman–Crippen MR) is 94.1 cm³/mol. The fraction of sp³-hybridized carbons (Fsp3) is 0.250. The number of rotatable bonds is 6. The average molecular weight is 323 g/mol. The van der Waals surface area contributed by atoms with Gasteiger partial charge in [0.25, 0.3) is 0 Å². The van der Waals surface area contributed by atoms with E-state index >= 15 is 0 Å². The standard InChI is InChI=1S/C20H21NO3/c1-14-7-3-5-9-17(14)23-12-11-20(22)21-15(2)19-13-16-8-4-6-10-18(16)24-19/h3-10,13,15H,11-12H2,1-2H3,(H,21,22)/t15-/m1/s1. The van der Waals surface area contributed by atoms with Crippen molar-refractivity contribution in [3.63, 3.8) is 0 Å². The van der Waals surface area contributed by atoms with Crippen LogP contribution in [0.4, 0.5) is 0 Å². The lowest BCUT2D eigenvalue weighted by Crippen LogP contribution is -2.27. The molecule has 4 heteroatoms. The van der Waals surface area contributed by atoms with Gasteiger partial charge < -0.3 is 14.5 Å². The van der Waals surface area contributed by atoms with Crippen molar-refractivity contribution in [1.29, 1.82) is 0 Å². The van der Waals surface area contributed by atoms with Gasteiger partial charge in [0, 0.05) is 5.39 Å². The largest absolute Gasteiger partial charge is 0.493 e. The summed E-state index contributed by atoms with van der Waals surface area (Å²) in [4.78, 5) is 12.1. The third kappa shape index (κ3) is 3.77. The van der Waals surface area contributed by atoms with Crippen molar-refractivity contribution < 1.29 is 13.9 Å². The van der Waals surface area contributed by atoms with Crippen LogP contribution in [0.1, 0.15) is 30.7 Å². The van der Waals surface area contributed by atoms with Crippen molar-refractivity contribution in [3.8, 4) is 5.75 Å². The Bertz CT molecular complexity index is 805. The molecule has 1 aromatic heterocycles. The first-order valence-electron chi connectivity index (χ1n) is 8.10. The van der Waals surface area contributed by atoms with Crippen LogP contribution in [0.15, 0.2) is 59.0 Å². The van der Waals surface area contributed by atoms with Gasteiger partial charge in [0.2, 0.25) is 5.91 Å². The Morgan fingerprint density at radius 2 is 1.92 bits per heavy atom. The second-order valence-corrected chi connectivity index (χ2v) is 5.84. The minimum absolute atomic E-state index is 0.0588. The van der Waals surface area contributed by atoms with E-state index in [1.807, 2.05) is 68.4 Å². The number of furan rings is 1. The average Bonchev–Trinajstić information content (AvgIpc) is 3.01. The molecule has 0 aliphatic rings. The van der Waals surface area contributed by atoms with Crippen LogP contribution in [0.5, 0.6) is 5.75 Å². The summed E-state index contributed by atoms with van der Waals surface area (Å²) >= 11 is 0. The van der Waals surface area contributed by atoms with Gasteiger partial charge in [-0.05, 0) is 37.6 Å². The lowest BCUT2D eigenvalue weighted by Gasteiger charge is -2.12. The molecule has 1 amide bonds.